The monoisotopic (exact) mass is 669 g/mol. The Labute approximate surface area is 302 Å². The number of hydrogen-bond donors (Lipinski definition) is 0. The third-order valence-electron chi connectivity index (χ3n) is 10.7. The van der Waals surface area contributed by atoms with Crippen molar-refractivity contribution in [1.82, 2.24) is 19.5 Å². The van der Waals surface area contributed by atoms with Gasteiger partial charge >= 0.3 is 0 Å². The van der Waals surface area contributed by atoms with Gasteiger partial charge in [-0.2, -0.15) is 0 Å². The molecule has 5 heteroatoms. The Morgan fingerprint density at radius 2 is 1.23 bits per heavy atom. The second kappa shape index (κ2) is 12.1. The van der Waals surface area contributed by atoms with E-state index in [-0.39, 0.29) is 5.41 Å². The van der Waals surface area contributed by atoms with Gasteiger partial charge in [0.2, 0.25) is 0 Å². The van der Waals surface area contributed by atoms with E-state index in [9.17, 15) is 0 Å². The van der Waals surface area contributed by atoms with Gasteiger partial charge in [0.05, 0.1) is 5.52 Å². The zero-order valence-electron chi connectivity index (χ0n) is 28.9. The molecule has 0 fully saturated rings. The van der Waals surface area contributed by atoms with E-state index in [0.29, 0.717) is 11.6 Å². The number of fused-ring (bicyclic) bond motifs is 6. The number of allylic oxidation sites excluding steroid dienone is 4. The van der Waals surface area contributed by atoms with Crippen LogP contribution in [0.25, 0.3) is 72.0 Å². The van der Waals surface area contributed by atoms with Crippen LogP contribution in [0.5, 0.6) is 0 Å². The van der Waals surface area contributed by atoms with Gasteiger partial charge in [0, 0.05) is 63.6 Å². The van der Waals surface area contributed by atoms with Crippen LogP contribution in [-0.4, -0.2) is 32.3 Å². The topological polar surface area (TPSA) is 56.0 Å². The Hall–Kier alpha value is -6.46. The first-order valence-corrected chi connectivity index (χ1v) is 18.0. The Balaban J connectivity index is 1.24. The van der Waals surface area contributed by atoms with Crippen molar-refractivity contribution in [3.63, 3.8) is 0 Å². The van der Waals surface area contributed by atoms with Crippen molar-refractivity contribution < 1.29 is 0 Å². The van der Waals surface area contributed by atoms with Gasteiger partial charge in [0.15, 0.2) is 11.6 Å². The first-order valence-electron chi connectivity index (χ1n) is 18.0. The van der Waals surface area contributed by atoms with E-state index in [0.717, 1.165) is 58.5 Å². The molecule has 0 N–H and O–H groups in total. The molecule has 5 nitrogen and oxygen atoms in total. The number of nitrogens with zero attached hydrogens (tertiary/aromatic N) is 5. The van der Waals surface area contributed by atoms with Crippen LogP contribution in [0.3, 0.4) is 0 Å². The van der Waals surface area contributed by atoms with Crippen molar-refractivity contribution in [1.29, 1.82) is 0 Å². The zero-order valence-corrected chi connectivity index (χ0v) is 28.9. The van der Waals surface area contributed by atoms with Gasteiger partial charge in [0.25, 0.3) is 0 Å². The van der Waals surface area contributed by atoms with Gasteiger partial charge < -0.3 is 4.57 Å². The second-order valence-electron chi connectivity index (χ2n) is 14.0. The zero-order chi connectivity index (χ0) is 34.6. The van der Waals surface area contributed by atoms with Gasteiger partial charge in [-0.3, -0.25) is 4.99 Å². The summed E-state index contributed by atoms with van der Waals surface area (Å²) in [4.78, 5) is 20.5. The van der Waals surface area contributed by atoms with Gasteiger partial charge in [-0.05, 0) is 58.7 Å². The van der Waals surface area contributed by atoms with Crippen molar-refractivity contribution in [2.75, 3.05) is 6.54 Å². The summed E-state index contributed by atoms with van der Waals surface area (Å²) in [5.74, 6) is 2.12. The van der Waals surface area contributed by atoms with E-state index in [4.69, 9.17) is 15.0 Å². The second-order valence-corrected chi connectivity index (χ2v) is 14.0. The Morgan fingerprint density at radius 3 is 1.96 bits per heavy atom. The van der Waals surface area contributed by atoms with Crippen LogP contribution in [-0.2, 0) is 11.8 Å². The van der Waals surface area contributed by atoms with Gasteiger partial charge in [0.1, 0.15) is 5.82 Å². The van der Waals surface area contributed by atoms with Crippen molar-refractivity contribution in [2.45, 2.75) is 25.2 Å². The van der Waals surface area contributed by atoms with Crippen LogP contribution in [0, 0.1) is 0 Å². The highest BCUT2D eigenvalue weighted by Crippen LogP contribution is 2.45. The molecule has 52 heavy (non-hydrogen) atoms. The van der Waals surface area contributed by atoms with Crippen molar-refractivity contribution in [3.8, 4) is 39.6 Å². The van der Waals surface area contributed by atoms with Crippen LogP contribution in [0.15, 0.2) is 157 Å². The molecule has 1 unspecified atom stereocenters. The first-order chi connectivity index (χ1) is 25.7. The lowest BCUT2D eigenvalue weighted by Gasteiger charge is -2.26. The number of aromatic nitrogens is 4. The quantitative estimate of drug-likeness (QED) is 0.171. The molecule has 10 rings (SSSR count). The smallest absolute Gasteiger partial charge is 0.165 e. The number of rotatable bonds is 5. The third-order valence-corrected chi connectivity index (χ3v) is 10.7. The van der Waals surface area contributed by atoms with E-state index < -0.39 is 0 Å². The predicted molar refractivity (Wildman–Crippen MR) is 214 cm³/mol. The summed E-state index contributed by atoms with van der Waals surface area (Å²) in [6, 6.07) is 45.4. The summed E-state index contributed by atoms with van der Waals surface area (Å²) >= 11 is 0. The summed E-state index contributed by atoms with van der Waals surface area (Å²) in [6.07, 6.45) is 12.4. The number of benzene rings is 6. The number of aliphatic imine (C=N–C) groups is 1. The molecule has 6 aromatic carbocycles. The number of para-hydroxylation sites is 1. The molecular weight excluding hydrogens is 635 g/mol. The Morgan fingerprint density at radius 1 is 0.577 bits per heavy atom. The highest BCUT2D eigenvalue weighted by Gasteiger charge is 2.30. The molecule has 1 aliphatic carbocycles. The molecular formula is C47H35N5. The summed E-state index contributed by atoms with van der Waals surface area (Å²) in [5.41, 5.74) is 8.73. The van der Waals surface area contributed by atoms with Gasteiger partial charge in [-0.1, -0.05) is 133 Å². The van der Waals surface area contributed by atoms with Crippen LogP contribution in [0.2, 0.25) is 0 Å². The van der Waals surface area contributed by atoms with Crippen LogP contribution in [0.1, 0.15) is 30.4 Å². The first kappa shape index (κ1) is 30.4. The number of hydrogen-bond acceptors (Lipinski definition) is 4. The predicted octanol–water partition coefficient (Wildman–Crippen LogP) is 10.9. The molecule has 2 aromatic heterocycles. The maximum Gasteiger partial charge on any atom is 0.165 e. The SMILES string of the molecule is CC1(c2nc(-c3ccccc3)nc(-c3c(-c4ccc(-n5c6c(c7ccccc75)C=NCC6)cc4)c4ccccc4c4ccccc34)n2)C=CC=CC1. The standard InChI is InChI=1S/C47H35N5/c1-47(27-12-3-13-28-47)46-50-44(32-14-4-2-5-15-32)49-45(51-46)43-38-20-9-7-17-35(38)34-16-6-8-19-37(34)42(43)31-22-24-33(25-23-31)52-40-21-11-10-18-36(40)39-30-48-29-26-41(39)52/h2-25,27,30H,26,28-29H2,1H3. The molecule has 0 saturated carbocycles. The molecule has 2 aliphatic rings. The Bertz CT molecular complexity index is 2770. The molecule has 8 aromatic rings. The van der Waals surface area contributed by atoms with Crippen LogP contribution < -0.4 is 0 Å². The lowest BCUT2D eigenvalue weighted by molar-refractivity contribution is 0.554. The lowest BCUT2D eigenvalue weighted by Crippen LogP contribution is -2.24. The van der Waals surface area contributed by atoms with E-state index in [1.54, 1.807) is 0 Å². The fourth-order valence-corrected chi connectivity index (χ4v) is 8.13. The van der Waals surface area contributed by atoms with Crippen molar-refractivity contribution >= 4 is 38.7 Å². The fraction of sp³-hybridized carbons (Fsp3) is 0.106. The summed E-state index contributed by atoms with van der Waals surface area (Å²) in [7, 11) is 0. The Kier molecular flexibility index (Phi) is 7.07. The summed E-state index contributed by atoms with van der Waals surface area (Å²) in [5, 5.41) is 5.90. The van der Waals surface area contributed by atoms with E-state index >= 15 is 0 Å². The minimum absolute atomic E-state index is 0.367. The molecule has 1 aliphatic heterocycles. The molecule has 0 saturated heterocycles. The van der Waals surface area contributed by atoms with E-state index in [2.05, 4.69) is 150 Å². The summed E-state index contributed by atoms with van der Waals surface area (Å²) < 4.78 is 2.41. The maximum absolute atomic E-state index is 5.38. The molecule has 3 heterocycles. The molecule has 0 amide bonds. The minimum atomic E-state index is -0.367. The van der Waals surface area contributed by atoms with Gasteiger partial charge in [-0.15, -0.1) is 0 Å². The molecule has 1 atom stereocenters. The van der Waals surface area contributed by atoms with Crippen molar-refractivity contribution in [2.24, 2.45) is 4.99 Å². The third kappa shape index (κ3) is 4.84. The average Bonchev–Trinajstić information content (AvgIpc) is 3.55. The minimum Gasteiger partial charge on any atom is -0.313 e. The lowest BCUT2D eigenvalue weighted by atomic mass is 9.82. The van der Waals surface area contributed by atoms with Gasteiger partial charge in [-0.25, -0.2) is 15.0 Å². The van der Waals surface area contributed by atoms with Crippen molar-refractivity contribution in [3.05, 3.63) is 169 Å². The summed E-state index contributed by atoms with van der Waals surface area (Å²) in [6.45, 7) is 3.02. The molecule has 0 bridgehead atoms. The maximum atomic E-state index is 5.38. The van der Waals surface area contributed by atoms with E-state index in [1.807, 2.05) is 24.4 Å². The normalized spacial score (nSPS) is 16.6. The van der Waals surface area contributed by atoms with E-state index in [1.165, 1.54) is 38.3 Å². The van der Waals surface area contributed by atoms with Crippen LogP contribution >= 0.6 is 0 Å². The largest absolute Gasteiger partial charge is 0.313 e. The molecule has 248 valence electrons. The fourth-order valence-electron chi connectivity index (χ4n) is 8.13. The average molecular weight is 670 g/mol. The molecule has 0 spiro atoms. The molecule has 0 radical (unpaired) electrons. The van der Waals surface area contributed by atoms with Crippen LogP contribution in [0.4, 0.5) is 0 Å². The highest BCUT2D eigenvalue weighted by molar-refractivity contribution is 6.21. The highest BCUT2D eigenvalue weighted by atomic mass is 15.0.